The molecule has 1 fully saturated rings. The van der Waals surface area contributed by atoms with Gasteiger partial charge in [0, 0.05) is 29.8 Å². The molecule has 264 valence electrons. The number of methoxy groups -OCH3 is 3. The summed E-state index contributed by atoms with van der Waals surface area (Å²) in [4.78, 5) is 13.1. The Morgan fingerprint density at radius 3 is 2.10 bits per heavy atom. The lowest BCUT2D eigenvalue weighted by Gasteiger charge is -2.39. The molecule has 6 atom stereocenters. The van der Waals surface area contributed by atoms with Gasteiger partial charge in [0.1, 0.15) is 77.7 Å². The molecular formula is C33H36O16. The summed E-state index contributed by atoms with van der Waals surface area (Å²) in [6, 6.07) is 10.9. The number of aromatic hydroxyl groups is 2. The summed E-state index contributed by atoms with van der Waals surface area (Å²) in [7, 11) is 4.15. The highest BCUT2D eigenvalue weighted by Crippen LogP contribution is 2.42. The molecule has 0 aliphatic carbocycles. The van der Waals surface area contributed by atoms with E-state index in [4.69, 9.17) is 37.6 Å². The van der Waals surface area contributed by atoms with E-state index in [-0.39, 0.29) is 64.4 Å². The second kappa shape index (κ2) is 15.1. The first-order chi connectivity index (χ1) is 23.5. The van der Waals surface area contributed by atoms with Crippen molar-refractivity contribution < 1.29 is 73.3 Å². The first-order valence-electron chi connectivity index (χ1n) is 14.8. The van der Waals surface area contributed by atoms with Crippen LogP contribution < -0.4 is 33.8 Å². The fraction of sp³-hybridized carbons (Fsp3) is 0.364. The predicted molar refractivity (Wildman–Crippen MR) is 169 cm³/mol. The molecular weight excluding hydrogens is 652 g/mol. The Balaban J connectivity index is 1.37. The maximum Gasteiger partial charge on any atom is 0.229 e. The Morgan fingerprint density at radius 2 is 1.45 bits per heavy atom. The first kappa shape index (κ1) is 35.3. The van der Waals surface area contributed by atoms with Crippen molar-refractivity contribution in [2.45, 2.75) is 36.8 Å². The van der Waals surface area contributed by atoms with Gasteiger partial charge in [-0.15, -0.1) is 0 Å². The molecule has 2 heterocycles. The quantitative estimate of drug-likeness (QED) is 0.103. The van der Waals surface area contributed by atoms with Gasteiger partial charge in [0.2, 0.25) is 12.0 Å². The average molecular weight is 689 g/mol. The molecule has 0 saturated carbocycles. The number of phenols is 2. The van der Waals surface area contributed by atoms with Crippen molar-refractivity contribution in [2.75, 3.05) is 41.2 Å². The normalized spacial score (nSPS) is 21.2. The van der Waals surface area contributed by atoms with Gasteiger partial charge < -0.3 is 73.3 Å². The molecule has 1 saturated heterocycles. The Kier molecular flexibility index (Phi) is 10.9. The molecule has 0 amide bonds. The molecule has 3 aromatic carbocycles. The van der Waals surface area contributed by atoms with E-state index < -0.39 is 54.6 Å². The molecule has 1 aromatic heterocycles. The van der Waals surface area contributed by atoms with Crippen molar-refractivity contribution in [1.82, 2.24) is 0 Å². The molecule has 1 aliphatic rings. The molecule has 7 N–H and O–H groups in total. The van der Waals surface area contributed by atoms with Crippen LogP contribution in [-0.2, 0) is 4.74 Å². The Labute approximate surface area is 278 Å². The predicted octanol–water partition coefficient (Wildman–Crippen LogP) is 0.894. The lowest BCUT2D eigenvalue weighted by atomic mass is 9.99. The zero-order valence-corrected chi connectivity index (χ0v) is 26.5. The number of aliphatic hydroxyl groups is 5. The van der Waals surface area contributed by atoms with Crippen LogP contribution in [0.5, 0.6) is 46.0 Å². The highest BCUT2D eigenvalue weighted by atomic mass is 16.7. The minimum absolute atomic E-state index is 0.0304. The third kappa shape index (κ3) is 7.54. The zero-order valence-electron chi connectivity index (χ0n) is 26.5. The molecule has 5 rings (SSSR count). The summed E-state index contributed by atoms with van der Waals surface area (Å²) in [5.41, 5.74) is -0.416. The SMILES string of the molecule is COc1cc(OCC(O)COc2c(OC)cc(-c3cc(=O)c4c(O)cc(OC5O[C@H](CO)[C@@H](O)[C@H](O)[C@H]5O)cc4o3)cc2OC)ccc1O. The van der Waals surface area contributed by atoms with Gasteiger partial charge in [-0.3, -0.25) is 4.79 Å². The number of phenolic OH excluding ortho intramolecular Hbond substituents is 2. The topological polar surface area (TPSA) is 236 Å². The lowest BCUT2D eigenvalue weighted by Crippen LogP contribution is -2.60. The summed E-state index contributed by atoms with van der Waals surface area (Å²) in [6.45, 7) is -1.06. The number of hydrogen-bond donors (Lipinski definition) is 7. The molecule has 2 unspecified atom stereocenters. The highest BCUT2D eigenvalue weighted by Gasteiger charge is 2.44. The number of aliphatic hydroxyl groups excluding tert-OH is 5. The van der Waals surface area contributed by atoms with Gasteiger partial charge in [0.25, 0.3) is 0 Å². The standard InChI is InChI=1S/C33H36O16/c1-42-23-9-17(4-5-19(23)36)45-13-16(35)14-46-32-25(43-2)6-15(7-26(32)44-3)22-11-21(38)28-20(37)8-18(10-24(28)48-22)47-33-31(41)30(40)29(39)27(12-34)49-33/h4-11,16,27,29-31,33-37,39-41H,12-14H2,1-3H3/t16?,27-,29-,30+,31-,33?/m1/s1. The molecule has 0 bridgehead atoms. The first-order valence-corrected chi connectivity index (χ1v) is 14.8. The Hall–Kier alpha value is -4.97. The monoisotopic (exact) mass is 688 g/mol. The van der Waals surface area contributed by atoms with Crippen LogP contribution in [0.15, 0.2) is 57.7 Å². The maximum absolute atomic E-state index is 13.1. The van der Waals surface area contributed by atoms with Crippen LogP contribution in [0.1, 0.15) is 0 Å². The summed E-state index contributed by atoms with van der Waals surface area (Å²) in [5, 5.41) is 70.7. The van der Waals surface area contributed by atoms with E-state index >= 15 is 0 Å². The minimum Gasteiger partial charge on any atom is -0.507 e. The van der Waals surface area contributed by atoms with Gasteiger partial charge in [-0.1, -0.05) is 0 Å². The molecule has 49 heavy (non-hydrogen) atoms. The van der Waals surface area contributed by atoms with Crippen LogP contribution in [0, 0.1) is 0 Å². The number of ether oxygens (including phenoxy) is 7. The van der Waals surface area contributed by atoms with Crippen molar-refractivity contribution >= 4 is 11.0 Å². The number of hydrogen-bond acceptors (Lipinski definition) is 16. The molecule has 0 spiro atoms. The average Bonchev–Trinajstić information content (AvgIpc) is 3.09. The maximum atomic E-state index is 13.1. The van der Waals surface area contributed by atoms with E-state index in [1.807, 2.05) is 0 Å². The number of fused-ring (bicyclic) bond motifs is 1. The third-order valence-corrected chi connectivity index (χ3v) is 7.64. The second-order valence-corrected chi connectivity index (χ2v) is 10.9. The van der Waals surface area contributed by atoms with Gasteiger partial charge in [-0.25, -0.2) is 0 Å². The van der Waals surface area contributed by atoms with Crippen molar-refractivity contribution in [1.29, 1.82) is 0 Å². The molecule has 16 nitrogen and oxygen atoms in total. The van der Waals surface area contributed by atoms with E-state index in [1.54, 1.807) is 0 Å². The molecule has 1 aliphatic heterocycles. The van der Waals surface area contributed by atoms with E-state index in [0.29, 0.717) is 11.3 Å². The van der Waals surface area contributed by atoms with E-state index in [1.165, 1.54) is 57.7 Å². The third-order valence-electron chi connectivity index (χ3n) is 7.64. The Morgan fingerprint density at radius 1 is 0.776 bits per heavy atom. The zero-order chi connectivity index (χ0) is 35.4. The lowest BCUT2D eigenvalue weighted by molar-refractivity contribution is -0.277. The molecule has 0 radical (unpaired) electrons. The van der Waals surface area contributed by atoms with E-state index in [9.17, 15) is 40.5 Å². The fourth-order valence-electron chi connectivity index (χ4n) is 5.08. The van der Waals surface area contributed by atoms with Gasteiger partial charge in [0.15, 0.2) is 28.4 Å². The summed E-state index contributed by atoms with van der Waals surface area (Å²) < 4.78 is 44.4. The molecule has 4 aromatic rings. The number of rotatable bonds is 13. The molecule has 16 heteroatoms. The van der Waals surface area contributed by atoms with Crippen LogP contribution in [0.2, 0.25) is 0 Å². The summed E-state index contributed by atoms with van der Waals surface area (Å²) >= 11 is 0. The van der Waals surface area contributed by atoms with Crippen LogP contribution in [0.25, 0.3) is 22.3 Å². The fourth-order valence-corrected chi connectivity index (χ4v) is 5.08. The van der Waals surface area contributed by atoms with Crippen molar-refractivity contribution in [3.8, 4) is 57.3 Å². The van der Waals surface area contributed by atoms with Crippen LogP contribution in [0.3, 0.4) is 0 Å². The van der Waals surface area contributed by atoms with Crippen molar-refractivity contribution in [2.24, 2.45) is 0 Å². The van der Waals surface area contributed by atoms with Crippen LogP contribution in [-0.4, -0.2) is 114 Å². The van der Waals surface area contributed by atoms with Gasteiger partial charge in [-0.2, -0.15) is 0 Å². The smallest absolute Gasteiger partial charge is 0.229 e. The highest BCUT2D eigenvalue weighted by molar-refractivity contribution is 5.86. The summed E-state index contributed by atoms with van der Waals surface area (Å²) in [6.07, 6.45) is -8.89. The number of benzene rings is 3. The van der Waals surface area contributed by atoms with Gasteiger partial charge in [-0.05, 0) is 24.3 Å². The Bertz CT molecular complexity index is 1800. The van der Waals surface area contributed by atoms with E-state index in [2.05, 4.69) is 0 Å². The van der Waals surface area contributed by atoms with Crippen molar-refractivity contribution in [3.63, 3.8) is 0 Å². The van der Waals surface area contributed by atoms with Crippen LogP contribution in [0.4, 0.5) is 0 Å². The summed E-state index contributed by atoms with van der Waals surface area (Å²) in [5.74, 6) is 0.353. The largest absolute Gasteiger partial charge is 0.507 e. The second-order valence-electron chi connectivity index (χ2n) is 10.9. The minimum atomic E-state index is -1.72. The van der Waals surface area contributed by atoms with Gasteiger partial charge >= 0.3 is 0 Å². The van der Waals surface area contributed by atoms with Gasteiger partial charge in [0.05, 0.1) is 27.9 Å². The van der Waals surface area contributed by atoms with E-state index in [0.717, 1.165) is 12.1 Å². The van der Waals surface area contributed by atoms with Crippen LogP contribution >= 0.6 is 0 Å². The van der Waals surface area contributed by atoms with Crippen molar-refractivity contribution in [3.05, 3.63) is 58.8 Å².